The zero-order valence-electron chi connectivity index (χ0n) is 12.1. The van der Waals surface area contributed by atoms with Gasteiger partial charge in [-0.3, -0.25) is 10.1 Å². The second-order valence-electron chi connectivity index (χ2n) is 5.17. The van der Waals surface area contributed by atoms with Gasteiger partial charge in [-0.1, -0.05) is 11.6 Å². The minimum atomic E-state index is -0.214. The van der Waals surface area contributed by atoms with Crippen molar-refractivity contribution in [3.8, 4) is 5.75 Å². The van der Waals surface area contributed by atoms with Gasteiger partial charge in [0.25, 0.3) is 5.91 Å². The Bertz CT molecular complexity index is 672. The molecule has 0 atom stereocenters. The summed E-state index contributed by atoms with van der Waals surface area (Å²) >= 11 is 7.33. The van der Waals surface area contributed by atoms with Crippen LogP contribution < -0.4 is 10.1 Å². The first-order valence-corrected chi connectivity index (χ1v) is 8.15. The Balaban J connectivity index is 1.54. The van der Waals surface area contributed by atoms with Crippen LogP contribution in [-0.4, -0.2) is 36.0 Å². The summed E-state index contributed by atoms with van der Waals surface area (Å²) in [6.45, 7) is 1.85. The average Bonchev–Trinajstić information content (AvgIpc) is 2.88. The molecule has 3 rings (SSSR count). The van der Waals surface area contributed by atoms with Gasteiger partial charge in [-0.05, 0) is 31.3 Å². The van der Waals surface area contributed by atoms with E-state index in [0.717, 1.165) is 25.2 Å². The molecule has 1 aliphatic heterocycles. The molecule has 1 aromatic heterocycles. The lowest BCUT2D eigenvalue weighted by Crippen LogP contribution is -2.25. The van der Waals surface area contributed by atoms with Crippen LogP contribution in [0.3, 0.4) is 0 Å². The van der Waals surface area contributed by atoms with E-state index >= 15 is 0 Å². The van der Waals surface area contributed by atoms with Crippen molar-refractivity contribution in [2.45, 2.75) is 13.0 Å². The van der Waals surface area contributed by atoms with Crippen LogP contribution in [0.5, 0.6) is 5.75 Å². The number of benzene rings is 1. The summed E-state index contributed by atoms with van der Waals surface area (Å²) in [7, 11) is 2.08. The van der Waals surface area contributed by atoms with E-state index < -0.39 is 0 Å². The number of carbonyl (C=O) groups excluding carboxylic acids is 1. The minimum Gasteiger partial charge on any atom is -0.484 e. The normalized spacial score (nSPS) is 14.5. The topological polar surface area (TPSA) is 54.5 Å². The summed E-state index contributed by atoms with van der Waals surface area (Å²) in [6.07, 6.45) is 0.930. The van der Waals surface area contributed by atoms with E-state index in [0.29, 0.717) is 15.9 Å². The molecule has 2 heterocycles. The average molecular weight is 338 g/mol. The SMILES string of the molecule is CN1CCc2nc(NC(=O)COc3ccc(Cl)cc3)sc2C1. The molecule has 0 bridgehead atoms. The van der Waals surface area contributed by atoms with Crippen LogP contribution >= 0.6 is 22.9 Å². The smallest absolute Gasteiger partial charge is 0.264 e. The van der Waals surface area contributed by atoms with Gasteiger partial charge in [0.15, 0.2) is 11.7 Å². The minimum absolute atomic E-state index is 0.0498. The molecule has 1 N–H and O–H groups in total. The second kappa shape index (κ2) is 6.64. The third-order valence-corrected chi connectivity index (χ3v) is 4.60. The van der Waals surface area contributed by atoms with Gasteiger partial charge < -0.3 is 9.64 Å². The number of rotatable bonds is 4. The highest BCUT2D eigenvalue weighted by molar-refractivity contribution is 7.15. The van der Waals surface area contributed by atoms with Gasteiger partial charge in [0.2, 0.25) is 0 Å². The number of nitrogens with zero attached hydrogens (tertiary/aromatic N) is 2. The molecule has 0 saturated heterocycles. The van der Waals surface area contributed by atoms with Crippen LogP contribution in [0.4, 0.5) is 5.13 Å². The number of amides is 1. The summed E-state index contributed by atoms with van der Waals surface area (Å²) in [6, 6.07) is 6.90. The molecular weight excluding hydrogens is 322 g/mol. The van der Waals surface area contributed by atoms with Crippen LogP contribution in [0, 0.1) is 0 Å². The molecule has 5 nitrogen and oxygen atoms in total. The number of fused-ring (bicyclic) bond motifs is 1. The number of hydrogen-bond donors (Lipinski definition) is 1. The van der Waals surface area contributed by atoms with E-state index in [9.17, 15) is 4.79 Å². The zero-order valence-corrected chi connectivity index (χ0v) is 13.7. The van der Waals surface area contributed by atoms with Crippen molar-refractivity contribution in [3.63, 3.8) is 0 Å². The highest BCUT2D eigenvalue weighted by Crippen LogP contribution is 2.27. The third kappa shape index (κ3) is 3.76. The van der Waals surface area contributed by atoms with E-state index in [-0.39, 0.29) is 12.5 Å². The van der Waals surface area contributed by atoms with Gasteiger partial charge >= 0.3 is 0 Å². The van der Waals surface area contributed by atoms with Crippen molar-refractivity contribution in [1.82, 2.24) is 9.88 Å². The molecule has 0 radical (unpaired) electrons. The fourth-order valence-electron chi connectivity index (χ4n) is 2.21. The van der Waals surface area contributed by atoms with Crippen LogP contribution in [0.2, 0.25) is 5.02 Å². The van der Waals surface area contributed by atoms with Gasteiger partial charge in [0, 0.05) is 29.4 Å². The Labute approximate surface area is 137 Å². The summed E-state index contributed by atoms with van der Waals surface area (Å²) in [5.41, 5.74) is 1.09. The summed E-state index contributed by atoms with van der Waals surface area (Å²) in [4.78, 5) is 19.9. The molecule has 1 aromatic carbocycles. The molecule has 22 heavy (non-hydrogen) atoms. The van der Waals surface area contributed by atoms with Gasteiger partial charge in [-0.15, -0.1) is 11.3 Å². The number of halogens is 1. The Morgan fingerprint density at radius 1 is 1.45 bits per heavy atom. The van der Waals surface area contributed by atoms with Crippen LogP contribution in [0.25, 0.3) is 0 Å². The lowest BCUT2D eigenvalue weighted by molar-refractivity contribution is -0.118. The van der Waals surface area contributed by atoms with E-state index in [1.54, 1.807) is 24.3 Å². The molecule has 116 valence electrons. The molecule has 7 heteroatoms. The third-order valence-electron chi connectivity index (χ3n) is 3.35. The fourth-order valence-corrected chi connectivity index (χ4v) is 3.44. The highest BCUT2D eigenvalue weighted by Gasteiger charge is 2.19. The fraction of sp³-hybridized carbons (Fsp3) is 0.333. The molecule has 0 unspecified atom stereocenters. The molecule has 0 fully saturated rings. The van der Waals surface area contributed by atoms with Crippen LogP contribution in [0.1, 0.15) is 10.6 Å². The number of aromatic nitrogens is 1. The van der Waals surface area contributed by atoms with Crippen LogP contribution in [-0.2, 0) is 17.8 Å². The number of hydrogen-bond acceptors (Lipinski definition) is 5. The molecule has 1 amide bonds. The van der Waals surface area contributed by atoms with Gasteiger partial charge in [-0.25, -0.2) is 4.98 Å². The van der Waals surface area contributed by atoms with Crippen molar-refractivity contribution < 1.29 is 9.53 Å². The molecular formula is C15H16ClN3O2S. The van der Waals surface area contributed by atoms with Crippen molar-refractivity contribution in [1.29, 1.82) is 0 Å². The number of thiazole rings is 1. The van der Waals surface area contributed by atoms with Gasteiger partial charge in [0.1, 0.15) is 5.75 Å². The lowest BCUT2D eigenvalue weighted by Gasteiger charge is -2.20. The number of anilines is 1. The predicted octanol–water partition coefficient (Wildman–Crippen LogP) is 2.80. The Morgan fingerprint density at radius 3 is 3.00 bits per heavy atom. The highest BCUT2D eigenvalue weighted by atomic mass is 35.5. The van der Waals surface area contributed by atoms with Crippen molar-refractivity contribution in [2.75, 3.05) is 25.5 Å². The standard InChI is InChI=1S/C15H16ClN3O2S/c1-19-7-6-12-13(8-19)22-15(17-12)18-14(20)9-21-11-4-2-10(16)3-5-11/h2-5H,6-9H2,1H3,(H,17,18,20). The summed E-state index contributed by atoms with van der Waals surface area (Å²) in [5, 5.41) is 4.07. The summed E-state index contributed by atoms with van der Waals surface area (Å²) in [5.74, 6) is 0.397. The van der Waals surface area contributed by atoms with E-state index in [1.807, 2.05) is 0 Å². The van der Waals surface area contributed by atoms with Crippen LogP contribution in [0.15, 0.2) is 24.3 Å². The Kier molecular flexibility index (Phi) is 4.61. The first-order valence-electron chi connectivity index (χ1n) is 6.95. The molecule has 2 aromatic rings. The summed E-state index contributed by atoms with van der Waals surface area (Å²) < 4.78 is 5.41. The number of carbonyl (C=O) groups is 1. The number of likely N-dealkylation sites (N-methyl/N-ethyl adjacent to an activating group) is 1. The van der Waals surface area contributed by atoms with Crippen molar-refractivity contribution in [3.05, 3.63) is 39.9 Å². The second-order valence-corrected chi connectivity index (χ2v) is 6.69. The Hall–Kier alpha value is -1.63. The maximum Gasteiger partial charge on any atom is 0.264 e. The van der Waals surface area contributed by atoms with E-state index in [1.165, 1.54) is 16.2 Å². The van der Waals surface area contributed by atoms with Crippen molar-refractivity contribution >= 4 is 34.0 Å². The number of ether oxygens (including phenoxy) is 1. The van der Waals surface area contributed by atoms with Gasteiger partial charge in [0.05, 0.1) is 5.69 Å². The van der Waals surface area contributed by atoms with E-state index in [4.69, 9.17) is 16.3 Å². The molecule has 0 aliphatic carbocycles. The largest absolute Gasteiger partial charge is 0.484 e. The van der Waals surface area contributed by atoms with Crippen molar-refractivity contribution in [2.24, 2.45) is 0 Å². The molecule has 0 saturated carbocycles. The maximum absolute atomic E-state index is 11.9. The first kappa shape index (κ1) is 15.3. The lowest BCUT2D eigenvalue weighted by atomic mass is 10.2. The molecule has 0 spiro atoms. The first-order chi connectivity index (χ1) is 10.6. The monoisotopic (exact) mass is 337 g/mol. The zero-order chi connectivity index (χ0) is 15.5. The Morgan fingerprint density at radius 2 is 2.23 bits per heavy atom. The van der Waals surface area contributed by atoms with E-state index in [2.05, 4.69) is 22.2 Å². The predicted molar refractivity (Wildman–Crippen MR) is 87.7 cm³/mol. The number of nitrogens with one attached hydrogen (secondary N) is 1. The maximum atomic E-state index is 11.9. The van der Waals surface area contributed by atoms with Gasteiger partial charge in [-0.2, -0.15) is 0 Å². The quantitative estimate of drug-likeness (QED) is 0.932. The molecule has 1 aliphatic rings.